The van der Waals surface area contributed by atoms with Gasteiger partial charge in [-0.25, -0.2) is 4.79 Å². The summed E-state index contributed by atoms with van der Waals surface area (Å²) in [6.07, 6.45) is 0.460. The topological polar surface area (TPSA) is 76.1 Å². The summed E-state index contributed by atoms with van der Waals surface area (Å²) in [5, 5.41) is 9.25. The van der Waals surface area contributed by atoms with Crippen LogP contribution in [0.1, 0.15) is 11.6 Å². The van der Waals surface area contributed by atoms with Crippen LogP contribution in [0.15, 0.2) is 16.6 Å². The Morgan fingerprint density at radius 1 is 1.37 bits per heavy atom. The zero-order chi connectivity index (χ0) is 14.6. The van der Waals surface area contributed by atoms with E-state index in [2.05, 4.69) is 15.9 Å². The highest BCUT2D eigenvalue weighted by Crippen LogP contribution is 2.37. The Kier molecular flexibility index (Phi) is 5.17. The Morgan fingerprint density at radius 3 is 2.32 bits per heavy atom. The fourth-order valence-electron chi connectivity index (χ4n) is 1.67. The molecule has 1 N–H and O–H groups in total. The zero-order valence-corrected chi connectivity index (χ0v) is 12.3. The summed E-state index contributed by atoms with van der Waals surface area (Å²) in [5.41, 5.74) is 0.403. The third-order valence-electron chi connectivity index (χ3n) is 2.60. The summed E-state index contributed by atoms with van der Waals surface area (Å²) in [4.78, 5) is 23.2. The van der Waals surface area contributed by atoms with Crippen molar-refractivity contribution in [2.45, 2.75) is 6.04 Å². The van der Waals surface area contributed by atoms with Crippen LogP contribution in [0.5, 0.6) is 11.5 Å². The van der Waals surface area contributed by atoms with E-state index in [9.17, 15) is 14.7 Å². The molecule has 1 aromatic rings. The number of benzene rings is 1. The highest BCUT2D eigenvalue weighted by atomic mass is 79.9. The molecule has 0 saturated carbocycles. The maximum Gasteiger partial charge on any atom is 0.331 e. The minimum atomic E-state index is -1.14. The van der Waals surface area contributed by atoms with Crippen LogP contribution in [0.2, 0.25) is 0 Å². The highest BCUT2D eigenvalue weighted by Gasteiger charge is 2.27. The molecule has 0 aromatic heterocycles. The molecule has 0 bridgehead atoms. The Morgan fingerprint density at radius 2 is 1.89 bits per heavy atom. The van der Waals surface area contributed by atoms with E-state index in [-0.39, 0.29) is 0 Å². The molecule has 1 atom stereocenters. The van der Waals surface area contributed by atoms with Gasteiger partial charge in [0.25, 0.3) is 0 Å². The van der Waals surface area contributed by atoms with Gasteiger partial charge in [0.2, 0.25) is 6.41 Å². The first-order valence-corrected chi connectivity index (χ1v) is 6.07. The zero-order valence-electron chi connectivity index (χ0n) is 10.7. The van der Waals surface area contributed by atoms with Gasteiger partial charge in [0, 0.05) is 17.1 Å². The van der Waals surface area contributed by atoms with E-state index in [1.807, 2.05) is 0 Å². The van der Waals surface area contributed by atoms with Gasteiger partial charge in [-0.1, -0.05) is 15.9 Å². The molecule has 104 valence electrons. The highest BCUT2D eigenvalue weighted by molar-refractivity contribution is 9.10. The normalized spacial score (nSPS) is 11.6. The van der Waals surface area contributed by atoms with Crippen LogP contribution in [0.25, 0.3) is 0 Å². The van der Waals surface area contributed by atoms with Gasteiger partial charge in [-0.05, 0) is 12.1 Å². The Labute approximate surface area is 119 Å². The SMILES string of the molecule is COc1cc(Br)c(C(C(=O)O)N(C)C=O)cc1OC. The molecule has 1 unspecified atom stereocenters. The summed E-state index contributed by atoms with van der Waals surface area (Å²) in [6.45, 7) is 0. The average Bonchev–Trinajstić information content (AvgIpc) is 2.39. The standard InChI is InChI=1S/C12H14BrNO5/c1-14(6-15)11(12(16)17)7-4-9(18-2)10(19-3)5-8(7)13/h4-6,11H,1-3H3,(H,16,17). The number of ether oxygens (including phenoxy) is 2. The maximum atomic E-state index is 11.3. The molecule has 0 saturated heterocycles. The summed E-state index contributed by atoms with van der Waals surface area (Å²) >= 11 is 3.28. The minimum Gasteiger partial charge on any atom is -0.493 e. The van der Waals surface area contributed by atoms with Crippen LogP contribution in [0.4, 0.5) is 0 Å². The van der Waals surface area contributed by atoms with E-state index < -0.39 is 12.0 Å². The number of methoxy groups -OCH3 is 2. The number of carboxylic acids is 1. The molecular weight excluding hydrogens is 318 g/mol. The van der Waals surface area contributed by atoms with Crippen molar-refractivity contribution in [2.75, 3.05) is 21.3 Å². The quantitative estimate of drug-likeness (QED) is 0.802. The van der Waals surface area contributed by atoms with Gasteiger partial charge in [0.15, 0.2) is 17.5 Å². The van der Waals surface area contributed by atoms with Crippen LogP contribution in [0.3, 0.4) is 0 Å². The number of carbonyl (C=O) groups excluding carboxylic acids is 1. The summed E-state index contributed by atoms with van der Waals surface area (Å²) < 4.78 is 10.8. The molecule has 1 rings (SSSR count). The molecule has 0 radical (unpaired) electrons. The molecule has 1 amide bonds. The predicted molar refractivity (Wildman–Crippen MR) is 71.4 cm³/mol. The molecule has 0 aliphatic heterocycles. The second-order valence-corrected chi connectivity index (χ2v) is 4.59. The second kappa shape index (κ2) is 6.42. The van der Waals surface area contributed by atoms with Crippen molar-refractivity contribution in [3.8, 4) is 11.5 Å². The largest absolute Gasteiger partial charge is 0.493 e. The number of carboxylic acid groups (broad SMARTS) is 1. The molecule has 0 spiro atoms. The van der Waals surface area contributed by atoms with E-state index in [1.54, 1.807) is 6.07 Å². The van der Waals surface area contributed by atoms with Gasteiger partial charge in [0.1, 0.15) is 0 Å². The van der Waals surface area contributed by atoms with E-state index in [4.69, 9.17) is 9.47 Å². The molecular formula is C12H14BrNO5. The van der Waals surface area contributed by atoms with Gasteiger partial charge in [-0.3, -0.25) is 4.79 Å². The van der Waals surface area contributed by atoms with E-state index in [1.165, 1.54) is 27.3 Å². The van der Waals surface area contributed by atoms with E-state index >= 15 is 0 Å². The average molecular weight is 332 g/mol. The first-order valence-electron chi connectivity index (χ1n) is 5.27. The molecule has 0 heterocycles. The van der Waals surface area contributed by atoms with E-state index in [0.29, 0.717) is 27.9 Å². The Hall–Kier alpha value is -1.76. The molecule has 19 heavy (non-hydrogen) atoms. The van der Waals surface area contributed by atoms with Crippen molar-refractivity contribution < 1.29 is 24.2 Å². The Bertz CT molecular complexity index is 491. The molecule has 1 aromatic carbocycles. The summed E-state index contributed by atoms with van der Waals surface area (Å²) in [7, 11) is 4.33. The number of halogens is 1. The lowest BCUT2D eigenvalue weighted by molar-refractivity contribution is -0.145. The number of aliphatic carboxylic acids is 1. The molecule has 0 aliphatic carbocycles. The van der Waals surface area contributed by atoms with Gasteiger partial charge < -0.3 is 19.5 Å². The smallest absolute Gasteiger partial charge is 0.331 e. The van der Waals surface area contributed by atoms with Crippen LogP contribution in [-0.2, 0) is 9.59 Å². The monoisotopic (exact) mass is 331 g/mol. The van der Waals surface area contributed by atoms with Crippen molar-refractivity contribution in [1.29, 1.82) is 0 Å². The fraction of sp³-hybridized carbons (Fsp3) is 0.333. The van der Waals surface area contributed by atoms with Crippen LogP contribution >= 0.6 is 15.9 Å². The number of carbonyl (C=O) groups is 2. The lowest BCUT2D eigenvalue weighted by Crippen LogP contribution is -2.30. The third kappa shape index (κ3) is 3.17. The molecule has 0 fully saturated rings. The number of likely N-dealkylation sites (N-methyl/N-ethyl adjacent to an activating group) is 1. The van der Waals surface area contributed by atoms with Crippen molar-refractivity contribution in [3.05, 3.63) is 22.2 Å². The van der Waals surface area contributed by atoms with Gasteiger partial charge >= 0.3 is 5.97 Å². The van der Waals surface area contributed by atoms with Crippen molar-refractivity contribution in [3.63, 3.8) is 0 Å². The predicted octanol–water partition coefficient (Wildman–Crippen LogP) is 1.68. The van der Waals surface area contributed by atoms with Gasteiger partial charge in [-0.15, -0.1) is 0 Å². The summed E-state index contributed by atoms with van der Waals surface area (Å²) in [5.74, 6) is -0.273. The van der Waals surface area contributed by atoms with Gasteiger partial charge in [0.05, 0.1) is 14.2 Å². The molecule has 6 nitrogen and oxygen atoms in total. The lowest BCUT2D eigenvalue weighted by Gasteiger charge is -2.23. The fourth-order valence-corrected chi connectivity index (χ4v) is 2.21. The van der Waals surface area contributed by atoms with Gasteiger partial charge in [-0.2, -0.15) is 0 Å². The minimum absolute atomic E-state index is 0.395. The second-order valence-electron chi connectivity index (χ2n) is 3.74. The van der Waals surface area contributed by atoms with Crippen LogP contribution in [0, 0.1) is 0 Å². The lowest BCUT2D eigenvalue weighted by atomic mass is 10.1. The van der Waals surface area contributed by atoms with E-state index in [0.717, 1.165) is 4.90 Å². The number of hydrogen-bond donors (Lipinski definition) is 1. The van der Waals surface area contributed by atoms with Crippen molar-refractivity contribution >= 4 is 28.3 Å². The molecule has 0 aliphatic rings. The third-order valence-corrected chi connectivity index (χ3v) is 3.29. The van der Waals surface area contributed by atoms with Crippen molar-refractivity contribution in [1.82, 2.24) is 4.90 Å². The first kappa shape index (κ1) is 15.3. The van der Waals surface area contributed by atoms with Crippen LogP contribution < -0.4 is 9.47 Å². The summed E-state index contributed by atoms with van der Waals surface area (Å²) in [6, 6.07) is 2.02. The number of hydrogen-bond acceptors (Lipinski definition) is 4. The van der Waals surface area contributed by atoms with Crippen LogP contribution in [-0.4, -0.2) is 43.7 Å². The number of rotatable bonds is 6. The Balaban J connectivity index is 3.38. The number of nitrogens with zero attached hydrogens (tertiary/aromatic N) is 1. The molecule has 7 heteroatoms. The first-order chi connectivity index (χ1) is 8.96. The van der Waals surface area contributed by atoms with Crippen molar-refractivity contribution in [2.24, 2.45) is 0 Å². The maximum absolute atomic E-state index is 11.3. The number of amides is 1.